The van der Waals surface area contributed by atoms with Gasteiger partial charge in [-0.05, 0) is 44.1 Å². The summed E-state index contributed by atoms with van der Waals surface area (Å²) < 4.78 is 4.97. The lowest BCUT2D eigenvalue weighted by Crippen LogP contribution is -2.52. The van der Waals surface area contributed by atoms with Crippen LogP contribution in [0.1, 0.15) is 44.1 Å². The first-order chi connectivity index (χ1) is 10.6. The zero-order valence-corrected chi connectivity index (χ0v) is 13.1. The third-order valence-electron chi connectivity index (χ3n) is 5.64. The Hall–Kier alpha value is -1.84. The van der Waals surface area contributed by atoms with Gasteiger partial charge in [-0.2, -0.15) is 0 Å². The number of carbonyl (C=O) groups is 2. The molecule has 3 aliphatic carbocycles. The molecule has 3 aliphatic rings. The maximum Gasteiger partial charge on any atom is 0.311 e. The first-order valence-corrected chi connectivity index (χ1v) is 8.01. The smallest absolute Gasteiger partial charge is 0.311 e. The van der Waals surface area contributed by atoms with Crippen LogP contribution in [0.4, 0.5) is 0 Å². The quantitative estimate of drug-likeness (QED) is 0.870. The van der Waals surface area contributed by atoms with E-state index < -0.39 is 0 Å². The molecule has 1 amide bonds. The van der Waals surface area contributed by atoms with Gasteiger partial charge in [-0.1, -0.05) is 30.3 Å². The predicted octanol–water partition coefficient (Wildman–Crippen LogP) is 2.82. The van der Waals surface area contributed by atoms with E-state index in [1.165, 1.54) is 7.11 Å². The van der Waals surface area contributed by atoms with E-state index in [4.69, 9.17) is 4.74 Å². The Morgan fingerprint density at radius 2 is 1.55 bits per heavy atom. The number of rotatable bonds is 4. The number of methoxy groups -OCH3 is 1. The van der Waals surface area contributed by atoms with Crippen LogP contribution in [0.25, 0.3) is 0 Å². The number of carbonyl (C=O) groups excluding carboxylic acids is 2. The number of hydrogen-bond donors (Lipinski definition) is 1. The van der Waals surface area contributed by atoms with Crippen LogP contribution in [0.2, 0.25) is 0 Å². The van der Waals surface area contributed by atoms with Crippen molar-refractivity contribution < 1.29 is 14.3 Å². The molecule has 3 fully saturated rings. The second-order valence-corrected chi connectivity index (χ2v) is 6.72. The van der Waals surface area contributed by atoms with Gasteiger partial charge in [0.25, 0.3) is 0 Å². The van der Waals surface area contributed by atoms with Crippen LogP contribution in [0.3, 0.4) is 0 Å². The van der Waals surface area contributed by atoms with E-state index in [9.17, 15) is 9.59 Å². The fraction of sp³-hybridized carbons (Fsp3) is 0.556. The molecule has 0 aliphatic heterocycles. The molecule has 22 heavy (non-hydrogen) atoms. The van der Waals surface area contributed by atoms with Crippen molar-refractivity contribution in [1.82, 2.24) is 5.32 Å². The van der Waals surface area contributed by atoms with Crippen molar-refractivity contribution in [3.8, 4) is 0 Å². The molecule has 118 valence electrons. The minimum Gasteiger partial charge on any atom is -0.469 e. The Bertz CT molecular complexity index is 542. The summed E-state index contributed by atoms with van der Waals surface area (Å²) in [4.78, 5) is 24.7. The lowest BCUT2D eigenvalue weighted by atomic mass is 9.53. The van der Waals surface area contributed by atoms with E-state index in [0.717, 1.165) is 44.1 Å². The molecular formula is C18H23NO3. The molecule has 0 aromatic heterocycles. The molecule has 4 rings (SSSR count). The van der Waals surface area contributed by atoms with Gasteiger partial charge in [0.05, 0.1) is 12.5 Å². The number of benzene rings is 1. The van der Waals surface area contributed by atoms with Gasteiger partial charge in [0.2, 0.25) is 5.91 Å². The van der Waals surface area contributed by atoms with Crippen LogP contribution in [0, 0.1) is 10.8 Å². The summed E-state index contributed by atoms with van der Waals surface area (Å²) in [7, 11) is 1.46. The molecule has 0 unspecified atom stereocenters. The molecule has 0 atom stereocenters. The van der Waals surface area contributed by atoms with Crippen LogP contribution in [0.5, 0.6) is 0 Å². The molecule has 1 aromatic carbocycles. The molecule has 4 heteroatoms. The van der Waals surface area contributed by atoms with Gasteiger partial charge >= 0.3 is 5.97 Å². The lowest BCUT2D eigenvalue weighted by Gasteiger charge is -2.50. The summed E-state index contributed by atoms with van der Waals surface area (Å²) >= 11 is 0. The van der Waals surface area contributed by atoms with E-state index >= 15 is 0 Å². The number of fused-ring (bicyclic) bond motifs is 3. The summed E-state index contributed by atoms with van der Waals surface area (Å²) in [6, 6.07) is 9.96. The summed E-state index contributed by atoms with van der Waals surface area (Å²) in [6.07, 6.45) is 4.71. The maximum atomic E-state index is 12.7. The van der Waals surface area contributed by atoms with E-state index in [-0.39, 0.29) is 22.7 Å². The number of ether oxygens (including phenoxy) is 1. The average Bonchev–Trinajstić information content (AvgIpc) is 2.61. The highest BCUT2D eigenvalue weighted by Crippen LogP contribution is 2.57. The number of esters is 1. The van der Waals surface area contributed by atoms with Gasteiger partial charge < -0.3 is 10.1 Å². The van der Waals surface area contributed by atoms with E-state index in [1.54, 1.807) is 0 Å². The minimum absolute atomic E-state index is 0.0921. The molecule has 4 nitrogen and oxygen atoms in total. The maximum absolute atomic E-state index is 12.7. The Morgan fingerprint density at radius 3 is 2.09 bits per heavy atom. The average molecular weight is 301 g/mol. The highest BCUT2D eigenvalue weighted by atomic mass is 16.5. The Balaban J connectivity index is 1.62. The molecule has 1 N–H and O–H groups in total. The molecule has 0 spiro atoms. The second kappa shape index (κ2) is 5.75. The zero-order chi connectivity index (χ0) is 15.6. The Labute approximate surface area is 131 Å². The van der Waals surface area contributed by atoms with Crippen LogP contribution < -0.4 is 5.32 Å². The van der Waals surface area contributed by atoms with Crippen LogP contribution in [0.15, 0.2) is 30.3 Å². The van der Waals surface area contributed by atoms with Gasteiger partial charge in [0, 0.05) is 12.0 Å². The topological polar surface area (TPSA) is 55.4 Å². The van der Waals surface area contributed by atoms with Gasteiger partial charge in [-0.3, -0.25) is 9.59 Å². The Kier molecular flexibility index (Phi) is 3.94. The number of amides is 1. The largest absolute Gasteiger partial charge is 0.469 e. The SMILES string of the molecule is COC(=O)C12CCC(C(=O)NCc3ccccc3)(CC1)CC2. The van der Waals surface area contributed by atoms with Crippen molar-refractivity contribution >= 4 is 11.9 Å². The fourth-order valence-electron chi connectivity index (χ4n) is 4.01. The summed E-state index contributed by atoms with van der Waals surface area (Å²) in [6.45, 7) is 0.573. The first kappa shape index (κ1) is 15.1. The summed E-state index contributed by atoms with van der Waals surface area (Å²) in [5, 5.41) is 3.09. The van der Waals surface area contributed by atoms with E-state index in [0.29, 0.717) is 6.54 Å². The molecule has 0 saturated heterocycles. The van der Waals surface area contributed by atoms with Crippen molar-refractivity contribution in [3.05, 3.63) is 35.9 Å². The molecule has 0 radical (unpaired) electrons. The third kappa shape index (κ3) is 2.51. The molecule has 2 bridgehead atoms. The van der Waals surface area contributed by atoms with Crippen molar-refractivity contribution in [2.24, 2.45) is 10.8 Å². The zero-order valence-electron chi connectivity index (χ0n) is 13.1. The third-order valence-corrected chi connectivity index (χ3v) is 5.64. The standard InChI is InChI=1S/C18H23NO3/c1-22-16(21)18-10-7-17(8-11-18,9-12-18)15(20)19-13-14-5-3-2-4-6-14/h2-6H,7-13H2,1H3,(H,19,20). The molecular weight excluding hydrogens is 278 g/mol. The minimum atomic E-state index is -0.323. The van der Waals surface area contributed by atoms with Crippen LogP contribution >= 0.6 is 0 Å². The lowest BCUT2D eigenvalue weighted by molar-refractivity contribution is -0.166. The normalized spacial score (nSPS) is 29.9. The summed E-state index contributed by atoms with van der Waals surface area (Å²) in [5.74, 6) is 0.0556. The van der Waals surface area contributed by atoms with E-state index in [2.05, 4.69) is 5.32 Å². The predicted molar refractivity (Wildman–Crippen MR) is 82.9 cm³/mol. The van der Waals surface area contributed by atoms with E-state index in [1.807, 2.05) is 30.3 Å². The van der Waals surface area contributed by atoms with Crippen molar-refractivity contribution in [1.29, 1.82) is 0 Å². The highest BCUT2D eigenvalue weighted by Gasteiger charge is 2.55. The first-order valence-electron chi connectivity index (χ1n) is 8.01. The number of hydrogen-bond acceptors (Lipinski definition) is 3. The fourth-order valence-corrected chi connectivity index (χ4v) is 4.01. The van der Waals surface area contributed by atoms with Gasteiger partial charge in [-0.15, -0.1) is 0 Å². The Morgan fingerprint density at radius 1 is 1.00 bits per heavy atom. The monoisotopic (exact) mass is 301 g/mol. The highest BCUT2D eigenvalue weighted by molar-refractivity contribution is 5.85. The molecule has 3 saturated carbocycles. The van der Waals surface area contributed by atoms with Crippen LogP contribution in [-0.4, -0.2) is 19.0 Å². The van der Waals surface area contributed by atoms with Crippen molar-refractivity contribution in [3.63, 3.8) is 0 Å². The van der Waals surface area contributed by atoms with Gasteiger partial charge in [0.1, 0.15) is 0 Å². The van der Waals surface area contributed by atoms with Crippen molar-refractivity contribution in [2.75, 3.05) is 7.11 Å². The van der Waals surface area contributed by atoms with Crippen molar-refractivity contribution in [2.45, 2.75) is 45.1 Å². The second-order valence-electron chi connectivity index (χ2n) is 6.72. The van der Waals surface area contributed by atoms with Gasteiger partial charge in [0.15, 0.2) is 0 Å². The number of nitrogens with one attached hydrogen (secondary N) is 1. The molecule has 0 heterocycles. The molecule has 1 aromatic rings. The van der Waals surface area contributed by atoms with Crippen LogP contribution in [-0.2, 0) is 20.9 Å². The summed E-state index contributed by atoms with van der Waals surface area (Å²) in [5.41, 5.74) is 0.517. The van der Waals surface area contributed by atoms with Gasteiger partial charge in [-0.25, -0.2) is 0 Å².